The summed E-state index contributed by atoms with van der Waals surface area (Å²) >= 11 is 0. The SMILES string of the molecule is Cc1nnc(N2CCC[C@@H](C(=O)NCCCN3CCCCCC3)C2)c2nn(-c3ccccc3)c(C)c12. The summed E-state index contributed by atoms with van der Waals surface area (Å²) in [5, 5.41) is 18.3. The number of aromatic nitrogens is 4. The number of likely N-dealkylation sites (tertiary alicyclic amines) is 1. The van der Waals surface area contributed by atoms with Crippen LogP contribution in [-0.2, 0) is 4.79 Å². The Balaban J connectivity index is 1.25. The number of nitrogens with zero attached hydrogens (tertiary/aromatic N) is 6. The first-order chi connectivity index (χ1) is 17.6. The molecule has 4 heterocycles. The molecule has 2 aliphatic heterocycles. The number of benzene rings is 1. The van der Waals surface area contributed by atoms with E-state index in [9.17, 15) is 4.79 Å². The fourth-order valence-electron chi connectivity index (χ4n) is 5.75. The van der Waals surface area contributed by atoms with Crippen LogP contribution in [0.3, 0.4) is 0 Å². The Morgan fingerprint density at radius 3 is 2.56 bits per heavy atom. The molecule has 0 unspecified atom stereocenters. The highest BCUT2D eigenvalue weighted by atomic mass is 16.1. The number of anilines is 1. The summed E-state index contributed by atoms with van der Waals surface area (Å²) in [6.07, 6.45) is 8.22. The standard InChI is InChI=1S/C28H39N7O/c1-21-25-22(2)35(24-13-6-5-7-14-24)32-26(25)27(31-30-21)34-19-10-12-23(20-34)28(36)29-15-11-18-33-16-8-3-4-9-17-33/h5-7,13-14,23H,3-4,8-12,15-20H2,1-2H3,(H,29,36)/t23-/m1/s1. The normalized spacial score (nSPS) is 19.4. The molecule has 1 N–H and O–H groups in total. The van der Waals surface area contributed by atoms with E-state index in [0.717, 1.165) is 72.7 Å². The van der Waals surface area contributed by atoms with Crippen molar-refractivity contribution in [2.75, 3.05) is 44.2 Å². The van der Waals surface area contributed by atoms with Crippen molar-refractivity contribution in [3.8, 4) is 5.69 Å². The summed E-state index contributed by atoms with van der Waals surface area (Å²) in [4.78, 5) is 17.8. The Labute approximate surface area is 214 Å². The topological polar surface area (TPSA) is 79.2 Å². The second kappa shape index (κ2) is 11.4. The number of hydrogen-bond donors (Lipinski definition) is 1. The minimum atomic E-state index is -0.0348. The number of amides is 1. The zero-order valence-corrected chi connectivity index (χ0v) is 21.7. The first kappa shape index (κ1) is 24.7. The lowest BCUT2D eigenvalue weighted by molar-refractivity contribution is -0.125. The van der Waals surface area contributed by atoms with E-state index < -0.39 is 0 Å². The van der Waals surface area contributed by atoms with Crippen molar-refractivity contribution in [2.45, 2.75) is 58.8 Å². The molecule has 1 aromatic carbocycles. The largest absolute Gasteiger partial charge is 0.356 e. The maximum absolute atomic E-state index is 13.0. The van der Waals surface area contributed by atoms with Gasteiger partial charge in [-0.3, -0.25) is 4.79 Å². The number of carbonyl (C=O) groups excluding carboxylic acids is 1. The maximum Gasteiger partial charge on any atom is 0.224 e. The smallest absolute Gasteiger partial charge is 0.224 e. The van der Waals surface area contributed by atoms with Gasteiger partial charge in [0.2, 0.25) is 5.91 Å². The van der Waals surface area contributed by atoms with Gasteiger partial charge in [0.15, 0.2) is 5.82 Å². The number of nitrogens with one attached hydrogen (secondary N) is 1. The highest BCUT2D eigenvalue weighted by Crippen LogP contribution is 2.31. The van der Waals surface area contributed by atoms with Crippen molar-refractivity contribution in [1.29, 1.82) is 0 Å². The monoisotopic (exact) mass is 489 g/mol. The summed E-state index contributed by atoms with van der Waals surface area (Å²) in [5.41, 5.74) is 3.82. The summed E-state index contributed by atoms with van der Waals surface area (Å²) in [7, 11) is 0. The van der Waals surface area contributed by atoms with E-state index in [0.29, 0.717) is 6.54 Å². The second-order valence-corrected chi connectivity index (χ2v) is 10.4. The lowest BCUT2D eigenvalue weighted by Gasteiger charge is -2.32. The van der Waals surface area contributed by atoms with E-state index in [-0.39, 0.29) is 11.8 Å². The van der Waals surface area contributed by atoms with Gasteiger partial charge in [-0.2, -0.15) is 10.2 Å². The summed E-state index contributed by atoms with van der Waals surface area (Å²) in [6.45, 7) is 9.83. The molecule has 1 amide bonds. The zero-order chi connectivity index (χ0) is 24.9. The van der Waals surface area contributed by atoms with Crippen LogP contribution in [0, 0.1) is 19.8 Å². The van der Waals surface area contributed by atoms with Crippen molar-refractivity contribution in [3.05, 3.63) is 41.7 Å². The molecule has 0 spiro atoms. The van der Waals surface area contributed by atoms with Gasteiger partial charge in [0.25, 0.3) is 0 Å². The van der Waals surface area contributed by atoms with Crippen molar-refractivity contribution in [3.63, 3.8) is 0 Å². The van der Waals surface area contributed by atoms with Gasteiger partial charge in [0.1, 0.15) is 5.52 Å². The Kier molecular flexibility index (Phi) is 7.80. The number of aryl methyl sites for hydroxylation is 2. The maximum atomic E-state index is 13.0. The van der Waals surface area contributed by atoms with Crippen LogP contribution in [0.5, 0.6) is 0 Å². The van der Waals surface area contributed by atoms with Crippen LogP contribution in [0.4, 0.5) is 5.82 Å². The van der Waals surface area contributed by atoms with Crippen LogP contribution in [0.15, 0.2) is 30.3 Å². The number of para-hydroxylation sites is 1. The third-order valence-electron chi connectivity index (χ3n) is 7.73. The Hall–Kier alpha value is -3.00. The molecular weight excluding hydrogens is 450 g/mol. The molecule has 2 fully saturated rings. The van der Waals surface area contributed by atoms with E-state index in [1.165, 1.54) is 38.8 Å². The summed E-state index contributed by atoms with van der Waals surface area (Å²) < 4.78 is 1.98. The van der Waals surface area contributed by atoms with Crippen LogP contribution in [0.1, 0.15) is 56.3 Å². The first-order valence-corrected chi connectivity index (χ1v) is 13.6. The van der Waals surface area contributed by atoms with Crippen LogP contribution >= 0.6 is 0 Å². The highest BCUT2D eigenvalue weighted by molar-refractivity contribution is 5.92. The fourth-order valence-corrected chi connectivity index (χ4v) is 5.75. The van der Waals surface area contributed by atoms with E-state index in [1.807, 2.05) is 29.8 Å². The molecule has 0 bridgehead atoms. The molecule has 3 aromatic rings. The summed E-state index contributed by atoms with van der Waals surface area (Å²) in [5.74, 6) is 0.914. The molecule has 192 valence electrons. The van der Waals surface area contributed by atoms with Gasteiger partial charge in [0, 0.05) is 19.6 Å². The minimum absolute atomic E-state index is 0.0348. The quantitative estimate of drug-likeness (QED) is 0.505. The van der Waals surface area contributed by atoms with Gasteiger partial charge in [-0.05, 0) is 77.7 Å². The number of rotatable bonds is 7. The Morgan fingerprint density at radius 1 is 1.00 bits per heavy atom. The zero-order valence-electron chi connectivity index (χ0n) is 21.7. The molecule has 8 nitrogen and oxygen atoms in total. The van der Waals surface area contributed by atoms with Gasteiger partial charge < -0.3 is 15.1 Å². The van der Waals surface area contributed by atoms with Crippen molar-refractivity contribution < 1.29 is 4.79 Å². The van der Waals surface area contributed by atoms with Gasteiger partial charge in [-0.25, -0.2) is 4.68 Å². The molecule has 2 aliphatic rings. The highest BCUT2D eigenvalue weighted by Gasteiger charge is 2.29. The molecule has 2 saturated heterocycles. The lowest BCUT2D eigenvalue weighted by Crippen LogP contribution is -2.44. The molecule has 36 heavy (non-hydrogen) atoms. The average molecular weight is 490 g/mol. The Morgan fingerprint density at radius 2 is 1.78 bits per heavy atom. The lowest BCUT2D eigenvalue weighted by atomic mass is 9.97. The first-order valence-electron chi connectivity index (χ1n) is 13.6. The van der Waals surface area contributed by atoms with Crippen LogP contribution in [-0.4, -0.2) is 70.1 Å². The number of carbonyl (C=O) groups is 1. The molecule has 1 atom stereocenters. The average Bonchev–Trinajstić information content (AvgIpc) is 3.07. The molecule has 0 aliphatic carbocycles. The number of hydrogen-bond acceptors (Lipinski definition) is 6. The van der Waals surface area contributed by atoms with Crippen molar-refractivity contribution >= 4 is 22.6 Å². The Bertz CT molecular complexity index is 1170. The minimum Gasteiger partial charge on any atom is -0.356 e. The van der Waals surface area contributed by atoms with Gasteiger partial charge in [0.05, 0.1) is 28.4 Å². The fraction of sp³-hybridized carbons (Fsp3) is 0.571. The van der Waals surface area contributed by atoms with Crippen LogP contribution in [0.25, 0.3) is 16.6 Å². The number of fused-ring (bicyclic) bond motifs is 1. The van der Waals surface area contributed by atoms with E-state index in [1.54, 1.807) is 0 Å². The number of piperidine rings is 1. The molecule has 2 aromatic heterocycles. The molecule has 0 radical (unpaired) electrons. The van der Waals surface area contributed by atoms with Crippen LogP contribution < -0.4 is 10.2 Å². The molecular formula is C28H39N7O. The van der Waals surface area contributed by atoms with Crippen molar-refractivity contribution in [2.24, 2.45) is 5.92 Å². The summed E-state index contributed by atoms with van der Waals surface area (Å²) in [6, 6.07) is 10.2. The molecule has 0 saturated carbocycles. The van der Waals surface area contributed by atoms with E-state index in [4.69, 9.17) is 5.10 Å². The van der Waals surface area contributed by atoms with Gasteiger partial charge in [-0.1, -0.05) is 31.0 Å². The van der Waals surface area contributed by atoms with Crippen LogP contribution in [0.2, 0.25) is 0 Å². The third-order valence-corrected chi connectivity index (χ3v) is 7.73. The third kappa shape index (κ3) is 5.38. The predicted octanol–water partition coefficient (Wildman–Crippen LogP) is 4.03. The van der Waals surface area contributed by atoms with E-state index in [2.05, 4.69) is 44.4 Å². The molecule has 8 heteroatoms. The molecule has 5 rings (SSSR count). The predicted molar refractivity (Wildman–Crippen MR) is 144 cm³/mol. The van der Waals surface area contributed by atoms with E-state index >= 15 is 0 Å². The van der Waals surface area contributed by atoms with Gasteiger partial charge in [-0.15, -0.1) is 5.10 Å². The van der Waals surface area contributed by atoms with Gasteiger partial charge >= 0.3 is 0 Å². The second-order valence-electron chi connectivity index (χ2n) is 10.4. The van der Waals surface area contributed by atoms with Crippen molar-refractivity contribution in [1.82, 2.24) is 30.2 Å².